The molecule has 0 spiro atoms. The zero-order chi connectivity index (χ0) is 14.8. The van der Waals surface area contributed by atoms with Crippen LogP contribution >= 0.6 is 0 Å². The van der Waals surface area contributed by atoms with E-state index in [1.54, 1.807) is 0 Å². The summed E-state index contributed by atoms with van der Waals surface area (Å²) >= 11 is 0. The Bertz CT molecular complexity index is 320. The van der Waals surface area contributed by atoms with Gasteiger partial charge in [0, 0.05) is 20.1 Å². The highest BCUT2D eigenvalue weighted by atomic mass is 16.5. The molecule has 8 heteroatoms. The molecule has 0 saturated carbocycles. The first-order valence-electron chi connectivity index (χ1n) is 5.88. The Kier molecular flexibility index (Phi) is 8.47. The molecule has 0 bridgehead atoms. The molecule has 0 radical (unpaired) electrons. The molecule has 0 aromatic carbocycles. The average Bonchev–Trinajstić information content (AvgIpc) is 2.33. The minimum atomic E-state index is -1.21. The molecular weight excluding hydrogens is 256 g/mol. The molecule has 5 N–H and O–H groups in total. The number of methoxy groups -OCH3 is 1. The molecule has 0 aliphatic heterocycles. The number of nitrogens with two attached hydrogens (primary N) is 1. The van der Waals surface area contributed by atoms with Crippen LogP contribution in [0.25, 0.3) is 0 Å². The van der Waals surface area contributed by atoms with Gasteiger partial charge >= 0.3 is 11.9 Å². The van der Waals surface area contributed by atoms with Crippen LogP contribution in [-0.2, 0) is 19.1 Å². The van der Waals surface area contributed by atoms with Crippen molar-refractivity contribution in [2.45, 2.75) is 37.8 Å². The zero-order valence-electron chi connectivity index (χ0n) is 10.8. The minimum Gasteiger partial charge on any atom is -0.481 e. The molecule has 2 atom stereocenters. The number of hydrogen-bond acceptors (Lipinski definition) is 5. The summed E-state index contributed by atoms with van der Waals surface area (Å²) in [6, 6.07) is -1.97. The lowest BCUT2D eigenvalue weighted by atomic mass is 10.1. The maximum Gasteiger partial charge on any atom is 0.326 e. The van der Waals surface area contributed by atoms with Gasteiger partial charge in [0.25, 0.3) is 0 Å². The fourth-order valence-electron chi connectivity index (χ4n) is 1.37. The first kappa shape index (κ1) is 17.3. The SMILES string of the molecule is COCCC(N)C(=O)N[C@H](CCCC(=O)O)C(=O)O. The van der Waals surface area contributed by atoms with Crippen molar-refractivity contribution in [1.82, 2.24) is 5.32 Å². The normalized spacial score (nSPS) is 13.6. The summed E-state index contributed by atoms with van der Waals surface area (Å²) in [5.41, 5.74) is 5.55. The van der Waals surface area contributed by atoms with E-state index in [2.05, 4.69) is 5.32 Å². The van der Waals surface area contributed by atoms with Crippen molar-refractivity contribution in [3.8, 4) is 0 Å². The smallest absolute Gasteiger partial charge is 0.326 e. The number of carboxylic acids is 2. The molecule has 0 saturated heterocycles. The Morgan fingerprint density at radius 3 is 2.37 bits per heavy atom. The topological polar surface area (TPSA) is 139 Å². The van der Waals surface area contributed by atoms with Crippen LogP contribution < -0.4 is 11.1 Å². The number of aliphatic carboxylic acids is 2. The first-order chi connectivity index (χ1) is 8.88. The largest absolute Gasteiger partial charge is 0.481 e. The second-order valence-corrected chi connectivity index (χ2v) is 4.07. The van der Waals surface area contributed by atoms with Crippen LogP contribution in [0, 0.1) is 0 Å². The van der Waals surface area contributed by atoms with Crippen molar-refractivity contribution < 1.29 is 29.3 Å². The van der Waals surface area contributed by atoms with Gasteiger partial charge in [0.2, 0.25) is 5.91 Å². The van der Waals surface area contributed by atoms with Gasteiger partial charge in [-0.1, -0.05) is 0 Å². The van der Waals surface area contributed by atoms with Gasteiger partial charge in [0.15, 0.2) is 0 Å². The molecule has 0 aliphatic rings. The van der Waals surface area contributed by atoms with E-state index in [0.29, 0.717) is 6.61 Å². The summed E-state index contributed by atoms with van der Waals surface area (Å²) in [6.07, 6.45) is 0.351. The van der Waals surface area contributed by atoms with Crippen molar-refractivity contribution in [3.05, 3.63) is 0 Å². The number of nitrogens with one attached hydrogen (secondary N) is 1. The lowest BCUT2D eigenvalue weighted by Crippen LogP contribution is -2.48. The molecule has 0 aliphatic carbocycles. The van der Waals surface area contributed by atoms with Gasteiger partial charge in [0.1, 0.15) is 6.04 Å². The quantitative estimate of drug-likeness (QED) is 0.408. The number of carbonyl (C=O) groups excluding carboxylic acids is 1. The molecule has 110 valence electrons. The third-order valence-electron chi connectivity index (χ3n) is 2.47. The van der Waals surface area contributed by atoms with Crippen LogP contribution in [0.5, 0.6) is 0 Å². The van der Waals surface area contributed by atoms with E-state index in [1.807, 2.05) is 0 Å². The molecule has 0 heterocycles. The number of amides is 1. The van der Waals surface area contributed by atoms with Gasteiger partial charge in [-0.25, -0.2) is 4.79 Å². The van der Waals surface area contributed by atoms with Crippen molar-refractivity contribution in [3.63, 3.8) is 0 Å². The van der Waals surface area contributed by atoms with Gasteiger partial charge < -0.3 is 26.0 Å². The second kappa shape index (κ2) is 9.29. The second-order valence-electron chi connectivity index (χ2n) is 4.07. The Morgan fingerprint density at radius 1 is 1.26 bits per heavy atom. The van der Waals surface area contributed by atoms with E-state index in [1.165, 1.54) is 7.11 Å². The fourth-order valence-corrected chi connectivity index (χ4v) is 1.37. The summed E-state index contributed by atoms with van der Waals surface area (Å²) in [5, 5.41) is 19.7. The van der Waals surface area contributed by atoms with E-state index >= 15 is 0 Å². The number of rotatable bonds is 10. The van der Waals surface area contributed by atoms with Crippen LogP contribution in [0.15, 0.2) is 0 Å². The number of hydrogen-bond donors (Lipinski definition) is 4. The third kappa shape index (κ3) is 8.11. The third-order valence-corrected chi connectivity index (χ3v) is 2.47. The summed E-state index contributed by atoms with van der Waals surface area (Å²) in [7, 11) is 1.47. The standard InChI is InChI=1S/C11H20N2O6/c1-19-6-5-7(12)10(16)13-8(11(17)18)3-2-4-9(14)15/h7-8H,2-6,12H2,1H3,(H,13,16)(H,14,15)(H,17,18)/t7?,8-/m1/s1. The predicted octanol–water partition coefficient (Wildman–Crippen LogP) is -0.825. The van der Waals surface area contributed by atoms with Crippen LogP contribution in [0.1, 0.15) is 25.7 Å². The molecule has 0 rings (SSSR count). The van der Waals surface area contributed by atoms with Crippen molar-refractivity contribution in [2.24, 2.45) is 5.73 Å². The highest BCUT2D eigenvalue weighted by Gasteiger charge is 2.22. The Labute approximate surface area is 110 Å². The van der Waals surface area contributed by atoms with Crippen LogP contribution in [0.4, 0.5) is 0 Å². The van der Waals surface area contributed by atoms with E-state index < -0.39 is 29.9 Å². The maximum absolute atomic E-state index is 11.6. The Balaban J connectivity index is 4.21. The van der Waals surface area contributed by atoms with Crippen molar-refractivity contribution in [1.29, 1.82) is 0 Å². The maximum atomic E-state index is 11.6. The molecule has 0 aromatic rings. The Hall–Kier alpha value is -1.67. The minimum absolute atomic E-state index is 0.0460. The molecule has 1 amide bonds. The van der Waals surface area contributed by atoms with E-state index in [9.17, 15) is 14.4 Å². The molecular formula is C11H20N2O6. The summed E-state index contributed by atoms with van der Waals surface area (Å²) in [4.78, 5) is 32.8. The van der Waals surface area contributed by atoms with E-state index in [-0.39, 0.29) is 25.7 Å². The number of carbonyl (C=O) groups is 3. The molecule has 1 unspecified atom stereocenters. The monoisotopic (exact) mass is 276 g/mol. The highest BCUT2D eigenvalue weighted by Crippen LogP contribution is 2.02. The summed E-state index contributed by atoms with van der Waals surface area (Å²) < 4.78 is 4.76. The van der Waals surface area contributed by atoms with Crippen molar-refractivity contribution in [2.75, 3.05) is 13.7 Å². The van der Waals surface area contributed by atoms with E-state index in [4.69, 9.17) is 20.7 Å². The van der Waals surface area contributed by atoms with Gasteiger partial charge in [-0.2, -0.15) is 0 Å². The first-order valence-corrected chi connectivity index (χ1v) is 5.88. The van der Waals surface area contributed by atoms with Crippen molar-refractivity contribution >= 4 is 17.8 Å². The molecule has 19 heavy (non-hydrogen) atoms. The lowest BCUT2D eigenvalue weighted by molar-refractivity contribution is -0.143. The zero-order valence-corrected chi connectivity index (χ0v) is 10.8. The number of carboxylic acid groups (broad SMARTS) is 2. The molecule has 0 fully saturated rings. The van der Waals surface area contributed by atoms with Gasteiger partial charge in [-0.15, -0.1) is 0 Å². The summed E-state index contributed by atoms with van der Waals surface area (Å²) in [6.45, 7) is 0.297. The van der Waals surface area contributed by atoms with Gasteiger partial charge in [-0.05, 0) is 19.3 Å². The molecule has 8 nitrogen and oxygen atoms in total. The van der Waals surface area contributed by atoms with Crippen LogP contribution in [0.3, 0.4) is 0 Å². The van der Waals surface area contributed by atoms with E-state index in [0.717, 1.165) is 0 Å². The van der Waals surface area contributed by atoms with Crippen LogP contribution in [0.2, 0.25) is 0 Å². The summed E-state index contributed by atoms with van der Waals surface area (Å²) in [5.74, 6) is -2.80. The Morgan fingerprint density at radius 2 is 1.89 bits per heavy atom. The molecule has 0 aromatic heterocycles. The van der Waals surface area contributed by atoms with Crippen LogP contribution in [-0.4, -0.2) is 53.9 Å². The fraction of sp³-hybridized carbons (Fsp3) is 0.727. The van der Waals surface area contributed by atoms with Gasteiger partial charge in [-0.3, -0.25) is 9.59 Å². The lowest BCUT2D eigenvalue weighted by Gasteiger charge is -2.17. The number of ether oxygens (including phenoxy) is 1. The highest BCUT2D eigenvalue weighted by molar-refractivity contribution is 5.86. The van der Waals surface area contributed by atoms with Gasteiger partial charge in [0.05, 0.1) is 6.04 Å². The predicted molar refractivity (Wildman–Crippen MR) is 65.5 cm³/mol. The average molecular weight is 276 g/mol.